The van der Waals surface area contributed by atoms with Gasteiger partial charge in [0.05, 0.1) is 12.7 Å². The van der Waals surface area contributed by atoms with Crippen LogP contribution in [-0.4, -0.2) is 49.7 Å². The highest BCUT2D eigenvalue weighted by Gasteiger charge is 2.37. The monoisotopic (exact) mass is 308 g/mol. The summed E-state index contributed by atoms with van der Waals surface area (Å²) in [6, 6.07) is -0.532. The molecule has 1 unspecified atom stereocenters. The van der Waals surface area contributed by atoms with E-state index in [0.717, 1.165) is 6.29 Å². The maximum absolute atomic E-state index is 12.4. The molecular weight excluding hydrogens is 284 g/mol. The van der Waals surface area contributed by atoms with Gasteiger partial charge in [-0.05, 0) is 32.4 Å². The predicted molar refractivity (Wildman–Crippen MR) is 85.0 cm³/mol. The minimum atomic E-state index is -0.532. The summed E-state index contributed by atoms with van der Waals surface area (Å²) in [5.74, 6) is 0.0487. The molecule has 0 bridgehead atoms. The van der Waals surface area contributed by atoms with Crippen molar-refractivity contribution in [2.24, 2.45) is 0 Å². The lowest BCUT2D eigenvalue weighted by atomic mass is 10.1. The Morgan fingerprint density at radius 3 is 2.41 bits per heavy atom. The molecule has 0 saturated carbocycles. The highest BCUT2D eigenvalue weighted by molar-refractivity contribution is 6.04. The molecule has 0 aromatic heterocycles. The van der Waals surface area contributed by atoms with Crippen LogP contribution in [0.2, 0.25) is 0 Å². The second kappa shape index (κ2) is 9.55. The van der Waals surface area contributed by atoms with Crippen molar-refractivity contribution >= 4 is 18.1 Å². The number of likely N-dealkylation sites (tertiary alicyclic amines) is 1. The third-order valence-electron chi connectivity index (χ3n) is 3.07. The predicted octanol–water partition coefficient (Wildman–Crippen LogP) is 1.20. The smallest absolute Gasteiger partial charge is 0.258 e. The second-order valence-electron chi connectivity index (χ2n) is 4.51. The van der Waals surface area contributed by atoms with Gasteiger partial charge in [-0.1, -0.05) is 12.7 Å². The summed E-state index contributed by atoms with van der Waals surface area (Å²) in [6.07, 6.45) is 4.25. The van der Waals surface area contributed by atoms with Crippen molar-refractivity contribution in [3.8, 4) is 0 Å². The number of ether oxygens (including phenoxy) is 1. The number of carbonyl (C=O) groups is 3. The first-order valence-electron chi connectivity index (χ1n) is 6.90. The Bertz CT molecular complexity index is 506. The van der Waals surface area contributed by atoms with Gasteiger partial charge >= 0.3 is 0 Å². The van der Waals surface area contributed by atoms with Crippen molar-refractivity contribution in [1.82, 2.24) is 10.2 Å². The van der Waals surface area contributed by atoms with Crippen LogP contribution in [0.5, 0.6) is 0 Å². The zero-order valence-electron chi connectivity index (χ0n) is 13.8. The Morgan fingerprint density at radius 2 is 2.00 bits per heavy atom. The Kier molecular flexibility index (Phi) is 8.52. The zero-order valence-corrected chi connectivity index (χ0v) is 13.8. The van der Waals surface area contributed by atoms with Crippen LogP contribution in [0.4, 0.5) is 0 Å². The average Bonchev–Trinajstić information content (AvgIpc) is 2.79. The zero-order chi connectivity index (χ0) is 17.3. The molecule has 1 N–H and O–H groups in total. The number of hydrogen-bond acceptors (Lipinski definition) is 4. The summed E-state index contributed by atoms with van der Waals surface area (Å²) < 4.78 is 5.21. The lowest BCUT2D eigenvalue weighted by Crippen LogP contribution is -2.44. The van der Waals surface area contributed by atoms with Crippen molar-refractivity contribution < 1.29 is 19.1 Å². The molecule has 1 saturated heterocycles. The molecule has 1 atom stereocenters. The number of methoxy groups -OCH3 is 1. The van der Waals surface area contributed by atoms with Gasteiger partial charge in [-0.2, -0.15) is 0 Å². The van der Waals surface area contributed by atoms with Gasteiger partial charge < -0.3 is 19.7 Å². The molecule has 1 aliphatic heterocycles. The summed E-state index contributed by atoms with van der Waals surface area (Å²) in [7, 11) is 3.05. The fourth-order valence-electron chi connectivity index (χ4n) is 2.00. The molecule has 1 fully saturated rings. The molecule has 122 valence electrons. The molecule has 0 spiro atoms. The van der Waals surface area contributed by atoms with E-state index in [4.69, 9.17) is 9.53 Å². The molecule has 0 aromatic rings. The lowest BCUT2D eigenvalue weighted by Gasteiger charge is -2.21. The second-order valence-corrected chi connectivity index (χ2v) is 4.51. The first kappa shape index (κ1) is 19.6. The quantitative estimate of drug-likeness (QED) is 0.481. The molecule has 0 radical (unpaired) electrons. The SMILES string of the molecule is C=C1CN(C(C)C(=O)NC)C(=O)/C1=C(/C=C\C)OC.CC=O. The topological polar surface area (TPSA) is 75.7 Å². The van der Waals surface area contributed by atoms with E-state index in [9.17, 15) is 9.59 Å². The standard InChI is InChI=1S/C14H20N2O3.C2H4O/c1-6-7-11(19-5)12-9(2)8-16(14(12)18)10(3)13(17)15-4;1-2-3/h6-7,10H,2,8H2,1,3-5H3,(H,15,17);2H,1H3/b7-6-,12-11-;. The number of amides is 2. The van der Waals surface area contributed by atoms with Crippen molar-refractivity contribution in [1.29, 1.82) is 0 Å². The molecule has 0 aliphatic carbocycles. The van der Waals surface area contributed by atoms with Gasteiger partial charge in [-0.15, -0.1) is 0 Å². The number of carbonyl (C=O) groups excluding carboxylic acids is 3. The minimum Gasteiger partial charge on any atom is -0.496 e. The molecule has 0 aromatic carbocycles. The summed E-state index contributed by atoms with van der Waals surface area (Å²) in [5.41, 5.74) is 1.10. The molecule has 1 heterocycles. The van der Waals surface area contributed by atoms with E-state index in [-0.39, 0.29) is 11.8 Å². The summed E-state index contributed by atoms with van der Waals surface area (Å²) in [5, 5.41) is 2.54. The average molecular weight is 308 g/mol. The highest BCUT2D eigenvalue weighted by atomic mass is 16.5. The molecule has 2 amide bonds. The molecule has 1 rings (SSSR count). The largest absolute Gasteiger partial charge is 0.496 e. The third kappa shape index (κ3) is 4.58. The Labute approximate surface area is 131 Å². The first-order chi connectivity index (χ1) is 10.4. The van der Waals surface area contributed by atoms with E-state index >= 15 is 0 Å². The maximum Gasteiger partial charge on any atom is 0.258 e. The van der Waals surface area contributed by atoms with Crippen molar-refractivity contribution in [3.05, 3.63) is 35.6 Å². The lowest BCUT2D eigenvalue weighted by molar-refractivity contribution is -0.134. The van der Waals surface area contributed by atoms with Crippen molar-refractivity contribution in [2.75, 3.05) is 20.7 Å². The van der Waals surface area contributed by atoms with Crippen LogP contribution < -0.4 is 5.32 Å². The fraction of sp³-hybridized carbons (Fsp3) is 0.438. The van der Waals surface area contributed by atoms with Crippen LogP contribution in [0.1, 0.15) is 20.8 Å². The van der Waals surface area contributed by atoms with Crippen LogP contribution in [0.25, 0.3) is 0 Å². The van der Waals surface area contributed by atoms with E-state index in [1.165, 1.54) is 18.9 Å². The van der Waals surface area contributed by atoms with Gasteiger partial charge in [0.2, 0.25) is 5.91 Å². The third-order valence-corrected chi connectivity index (χ3v) is 3.07. The van der Waals surface area contributed by atoms with E-state index in [2.05, 4.69) is 11.9 Å². The number of nitrogens with one attached hydrogen (secondary N) is 1. The normalized spacial score (nSPS) is 17.8. The molecule has 6 nitrogen and oxygen atoms in total. The Hall–Kier alpha value is -2.37. The number of nitrogens with zero attached hydrogens (tertiary/aromatic N) is 1. The van der Waals surface area contributed by atoms with Gasteiger partial charge in [0.15, 0.2) is 0 Å². The number of allylic oxidation sites excluding steroid dienone is 2. The highest BCUT2D eigenvalue weighted by Crippen LogP contribution is 2.27. The number of hydrogen-bond donors (Lipinski definition) is 1. The van der Waals surface area contributed by atoms with Crippen LogP contribution in [-0.2, 0) is 19.1 Å². The number of likely N-dealkylation sites (N-methyl/N-ethyl adjacent to an activating group) is 1. The summed E-state index contributed by atoms with van der Waals surface area (Å²) in [6.45, 7) is 9.20. The van der Waals surface area contributed by atoms with Gasteiger partial charge in [0.25, 0.3) is 5.91 Å². The van der Waals surface area contributed by atoms with E-state index < -0.39 is 6.04 Å². The molecular formula is C16H24N2O4. The number of rotatable bonds is 4. The van der Waals surface area contributed by atoms with Crippen LogP contribution in [0, 0.1) is 0 Å². The Balaban J connectivity index is 0.00000135. The van der Waals surface area contributed by atoms with E-state index in [1.807, 2.05) is 6.92 Å². The van der Waals surface area contributed by atoms with Gasteiger partial charge in [-0.3, -0.25) is 9.59 Å². The minimum absolute atomic E-state index is 0.201. The Morgan fingerprint density at radius 1 is 1.45 bits per heavy atom. The number of aldehydes is 1. The van der Waals surface area contributed by atoms with E-state index in [0.29, 0.717) is 23.5 Å². The molecule has 1 aliphatic rings. The van der Waals surface area contributed by atoms with E-state index in [1.54, 1.807) is 26.1 Å². The fourth-order valence-corrected chi connectivity index (χ4v) is 2.00. The maximum atomic E-state index is 12.4. The van der Waals surface area contributed by atoms with Gasteiger partial charge in [0.1, 0.15) is 18.1 Å². The first-order valence-corrected chi connectivity index (χ1v) is 6.90. The van der Waals surface area contributed by atoms with Crippen LogP contribution in [0.3, 0.4) is 0 Å². The summed E-state index contributed by atoms with van der Waals surface area (Å²) >= 11 is 0. The van der Waals surface area contributed by atoms with Crippen LogP contribution in [0.15, 0.2) is 35.6 Å². The van der Waals surface area contributed by atoms with Crippen molar-refractivity contribution in [2.45, 2.75) is 26.8 Å². The summed E-state index contributed by atoms with van der Waals surface area (Å²) in [4.78, 5) is 34.3. The van der Waals surface area contributed by atoms with Crippen molar-refractivity contribution in [3.63, 3.8) is 0 Å². The van der Waals surface area contributed by atoms with Gasteiger partial charge in [-0.25, -0.2) is 0 Å². The molecule has 22 heavy (non-hydrogen) atoms. The molecule has 6 heteroatoms. The van der Waals surface area contributed by atoms with Gasteiger partial charge in [0, 0.05) is 13.6 Å². The van der Waals surface area contributed by atoms with Crippen LogP contribution >= 0.6 is 0 Å².